The third-order valence-electron chi connectivity index (χ3n) is 16.4. The van der Waals surface area contributed by atoms with Crippen LogP contribution in [0.1, 0.15) is 0 Å². The summed E-state index contributed by atoms with van der Waals surface area (Å²) in [5.41, 5.74) is 23.5. The Morgan fingerprint density at radius 2 is 0.615 bits per heavy atom. The summed E-state index contributed by atoms with van der Waals surface area (Å²) < 4.78 is 21.3. The molecule has 0 N–H and O–H groups in total. The number of anilines is 6. The number of hydrogen-bond acceptors (Lipinski definition) is 5. The first-order valence-electron chi connectivity index (χ1n) is 26.7. The van der Waals surface area contributed by atoms with E-state index in [0.717, 1.165) is 161 Å². The Hall–Kier alpha value is -10.3. The van der Waals surface area contributed by atoms with E-state index in [2.05, 4.69) is 271 Å². The predicted molar refractivity (Wildman–Crippen MR) is 324 cm³/mol. The van der Waals surface area contributed by atoms with Crippen LogP contribution in [0.25, 0.3) is 110 Å². The van der Waals surface area contributed by atoms with Gasteiger partial charge in [-0.05, 0) is 87.2 Å². The van der Waals surface area contributed by atoms with Gasteiger partial charge >= 0.3 is 0 Å². The molecular weight excluding hydrogens is 952 g/mol. The molecule has 5 heterocycles. The van der Waals surface area contributed by atoms with E-state index < -0.39 is 0 Å². The van der Waals surface area contributed by atoms with E-state index >= 15 is 0 Å². The maximum absolute atomic E-state index is 7.45. The van der Waals surface area contributed by atoms with Crippen molar-refractivity contribution in [2.75, 3.05) is 9.80 Å². The Morgan fingerprint density at radius 3 is 1.06 bits per heavy atom. The lowest BCUT2D eigenvalue weighted by Gasteiger charge is -2.45. The van der Waals surface area contributed by atoms with Crippen LogP contribution in [0.4, 0.5) is 34.1 Å². The monoisotopic (exact) mass is 994 g/mol. The summed E-state index contributed by atoms with van der Waals surface area (Å²) in [6, 6.07) is 94.2. The first kappa shape index (κ1) is 43.0. The van der Waals surface area contributed by atoms with Gasteiger partial charge in [0.15, 0.2) is 5.58 Å². The Labute approximate surface area is 449 Å². The number of fused-ring (bicyclic) bond motifs is 14. The quantitative estimate of drug-likeness (QED) is 0.155. The van der Waals surface area contributed by atoms with E-state index in [0.29, 0.717) is 0 Å². The number of furan rings is 3. The number of benzene rings is 12. The van der Waals surface area contributed by atoms with Gasteiger partial charge in [-0.25, -0.2) is 0 Å². The molecule has 6 heteroatoms. The van der Waals surface area contributed by atoms with Gasteiger partial charge < -0.3 is 23.1 Å². The zero-order valence-corrected chi connectivity index (χ0v) is 42.0. The standard InChI is InChI=1S/C72H43BN2O3/c1-5-21-44(22-6-1)48-32-19-33-49(45-23-7-2-8-24-45)69(48)74-60-39-55-52-29-13-16-36-63(52)76-66(55)42-58(60)73-59-43-67-56(53-30-14-17-37-64(53)77-67)40-61(59)75(71-68(73)62(74)41-57-54-31-15-18-38-65(54)78-72(57)71)70-50(46-25-9-3-10-26-46)34-20-35-51(70)47-27-11-4-12-28-47/h1-43H. The van der Waals surface area contributed by atoms with Gasteiger partial charge in [0.2, 0.25) is 0 Å². The van der Waals surface area contributed by atoms with Crippen molar-refractivity contribution >= 4 is 123 Å². The topological polar surface area (TPSA) is 45.9 Å². The highest BCUT2D eigenvalue weighted by Gasteiger charge is 2.47. The van der Waals surface area contributed by atoms with Gasteiger partial charge in [-0.15, -0.1) is 0 Å². The van der Waals surface area contributed by atoms with Gasteiger partial charge in [0.1, 0.15) is 27.9 Å². The minimum Gasteiger partial charge on any atom is -0.456 e. The summed E-state index contributed by atoms with van der Waals surface area (Å²) in [7, 11) is 0. The van der Waals surface area contributed by atoms with E-state index in [-0.39, 0.29) is 6.71 Å². The second-order valence-corrected chi connectivity index (χ2v) is 20.6. The van der Waals surface area contributed by atoms with Crippen molar-refractivity contribution in [3.8, 4) is 44.5 Å². The second-order valence-electron chi connectivity index (χ2n) is 20.6. The zero-order valence-electron chi connectivity index (χ0n) is 42.0. The van der Waals surface area contributed by atoms with Crippen molar-refractivity contribution in [2.24, 2.45) is 0 Å². The highest BCUT2D eigenvalue weighted by molar-refractivity contribution is 7.01. The van der Waals surface area contributed by atoms with Crippen LogP contribution in [-0.2, 0) is 0 Å². The van der Waals surface area contributed by atoms with Crippen molar-refractivity contribution in [3.63, 3.8) is 0 Å². The molecule has 2 aliphatic heterocycles. The van der Waals surface area contributed by atoms with E-state index in [1.165, 1.54) is 0 Å². The maximum Gasteiger partial charge on any atom is 0.252 e. The van der Waals surface area contributed by atoms with E-state index in [4.69, 9.17) is 13.3 Å². The molecule has 0 aliphatic carbocycles. The lowest BCUT2D eigenvalue weighted by molar-refractivity contribution is 0.669. The summed E-state index contributed by atoms with van der Waals surface area (Å²) in [6.07, 6.45) is 0. The van der Waals surface area contributed by atoms with Gasteiger partial charge in [0.25, 0.3) is 6.71 Å². The summed E-state index contributed by atoms with van der Waals surface area (Å²) in [5, 5.41) is 6.31. The third-order valence-corrected chi connectivity index (χ3v) is 16.4. The van der Waals surface area contributed by atoms with Crippen molar-refractivity contribution < 1.29 is 13.3 Å². The molecule has 17 rings (SSSR count). The molecule has 5 nitrogen and oxygen atoms in total. The van der Waals surface area contributed by atoms with Crippen LogP contribution in [0, 0.1) is 0 Å². The first-order valence-corrected chi connectivity index (χ1v) is 26.7. The maximum atomic E-state index is 7.45. The first-order chi connectivity index (χ1) is 38.7. The molecule has 78 heavy (non-hydrogen) atoms. The minimum atomic E-state index is -0.325. The molecule has 2 aliphatic rings. The summed E-state index contributed by atoms with van der Waals surface area (Å²) in [6.45, 7) is -0.325. The van der Waals surface area contributed by atoms with Crippen LogP contribution in [0.2, 0.25) is 0 Å². The predicted octanol–water partition coefficient (Wildman–Crippen LogP) is 18.1. The molecule has 15 aromatic rings. The zero-order chi connectivity index (χ0) is 51.0. The average Bonchev–Trinajstić information content (AvgIpc) is 3.33. The highest BCUT2D eigenvalue weighted by atomic mass is 16.3. The minimum absolute atomic E-state index is 0.325. The lowest BCUT2D eigenvalue weighted by atomic mass is 9.33. The van der Waals surface area contributed by atoms with Crippen LogP contribution >= 0.6 is 0 Å². The number of nitrogens with zero attached hydrogens (tertiary/aromatic N) is 2. The molecule has 3 aromatic heterocycles. The molecule has 0 spiro atoms. The van der Waals surface area contributed by atoms with Crippen LogP contribution in [0.5, 0.6) is 0 Å². The fraction of sp³-hybridized carbons (Fsp3) is 0. The molecule has 0 amide bonds. The summed E-state index contributed by atoms with van der Waals surface area (Å²) >= 11 is 0. The molecule has 362 valence electrons. The fourth-order valence-electron chi connectivity index (χ4n) is 13.1. The average molecular weight is 995 g/mol. The number of hydrogen-bond donors (Lipinski definition) is 0. The van der Waals surface area contributed by atoms with Gasteiger partial charge in [-0.2, -0.15) is 0 Å². The fourth-order valence-corrected chi connectivity index (χ4v) is 13.1. The Kier molecular flexibility index (Phi) is 9.15. The van der Waals surface area contributed by atoms with Crippen LogP contribution < -0.4 is 26.2 Å². The largest absolute Gasteiger partial charge is 0.456 e. The number of rotatable bonds is 6. The van der Waals surface area contributed by atoms with Crippen LogP contribution in [0.3, 0.4) is 0 Å². The van der Waals surface area contributed by atoms with Crippen molar-refractivity contribution in [1.82, 2.24) is 0 Å². The van der Waals surface area contributed by atoms with E-state index in [9.17, 15) is 0 Å². The van der Waals surface area contributed by atoms with Crippen molar-refractivity contribution in [3.05, 3.63) is 261 Å². The van der Waals surface area contributed by atoms with Crippen molar-refractivity contribution in [1.29, 1.82) is 0 Å². The Morgan fingerprint density at radius 1 is 0.256 bits per heavy atom. The summed E-state index contributed by atoms with van der Waals surface area (Å²) in [5.74, 6) is 0. The molecule has 0 atom stereocenters. The molecule has 0 bridgehead atoms. The normalized spacial score (nSPS) is 12.8. The van der Waals surface area contributed by atoms with Gasteiger partial charge in [-0.1, -0.05) is 212 Å². The lowest BCUT2D eigenvalue weighted by Crippen LogP contribution is -2.61. The SMILES string of the molecule is c1ccc(-c2cccc(-c3ccccc3)c2N2c3cc4c(cc3B3c5cc6oc7ccccc7c6cc5N(c5c(-c6ccccc6)cccc5-c5ccccc5)c5c3c2cc2c5oc3ccccc32)oc2ccccc24)cc1. The Bertz CT molecular complexity index is 4800. The molecule has 0 radical (unpaired) electrons. The molecule has 0 saturated heterocycles. The van der Waals surface area contributed by atoms with E-state index in [1.807, 2.05) is 0 Å². The van der Waals surface area contributed by atoms with E-state index in [1.54, 1.807) is 0 Å². The van der Waals surface area contributed by atoms with Crippen LogP contribution in [-0.4, -0.2) is 6.71 Å². The van der Waals surface area contributed by atoms with Gasteiger partial charge in [0.05, 0.1) is 17.1 Å². The smallest absolute Gasteiger partial charge is 0.252 e. The molecule has 0 unspecified atom stereocenters. The van der Waals surface area contributed by atoms with Gasteiger partial charge in [0, 0.05) is 71.6 Å². The molecule has 0 fully saturated rings. The number of para-hydroxylation sites is 5. The van der Waals surface area contributed by atoms with Gasteiger partial charge in [-0.3, -0.25) is 0 Å². The van der Waals surface area contributed by atoms with Crippen molar-refractivity contribution in [2.45, 2.75) is 0 Å². The molecule has 12 aromatic carbocycles. The molecule has 0 saturated carbocycles. The second kappa shape index (κ2) is 16.6. The summed E-state index contributed by atoms with van der Waals surface area (Å²) in [4.78, 5) is 5.15. The van der Waals surface area contributed by atoms with Crippen LogP contribution in [0.15, 0.2) is 274 Å². The molecular formula is C72H43BN2O3. The highest BCUT2D eigenvalue weighted by Crippen LogP contribution is 2.56. The Balaban J connectivity index is 1.11. The third kappa shape index (κ3) is 6.20.